The van der Waals surface area contributed by atoms with Gasteiger partial charge in [0.25, 0.3) is 5.91 Å². The third-order valence-corrected chi connectivity index (χ3v) is 5.41. The summed E-state index contributed by atoms with van der Waals surface area (Å²) in [5.41, 5.74) is 3.87. The molecule has 0 saturated carbocycles. The second kappa shape index (κ2) is 8.52. The average molecular weight is 416 g/mol. The van der Waals surface area contributed by atoms with E-state index in [2.05, 4.69) is 5.32 Å². The minimum atomic E-state index is -0.446. The Bertz CT molecular complexity index is 1130. The number of carbonyl (C=O) groups excluding carboxylic acids is 2. The van der Waals surface area contributed by atoms with Gasteiger partial charge in [-0.05, 0) is 30.7 Å². The fraction of sp³-hybridized carbons (Fsp3) is 0.200. The SMILES string of the molecule is COc1cccc(C(=O)N2CC(=O)Nc3ccc(C)cc3C2c2ccccc2)c1OC. The van der Waals surface area contributed by atoms with Crippen molar-refractivity contribution in [3.05, 3.63) is 89.0 Å². The molecular weight excluding hydrogens is 392 g/mol. The summed E-state index contributed by atoms with van der Waals surface area (Å²) in [6.45, 7) is 1.90. The van der Waals surface area contributed by atoms with Crippen LogP contribution in [0.1, 0.15) is 33.1 Å². The number of hydrogen-bond donors (Lipinski definition) is 1. The number of hydrogen-bond acceptors (Lipinski definition) is 4. The van der Waals surface area contributed by atoms with Gasteiger partial charge in [0.2, 0.25) is 5.91 Å². The number of methoxy groups -OCH3 is 2. The number of carbonyl (C=O) groups is 2. The Hall–Kier alpha value is -3.80. The summed E-state index contributed by atoms with van der Waals surface area (Å²) in [5, 5.41) is 2.95. The number of amides is 2. The molecule has 1 unspecified atom stereocenters. The summed E-state index contributed by atoms with van der Waals surface area (Å²) < 4.78 is 10.9. The monoisotopic (exact) mass is 416 g/mol. The van der Waals surface area contributed by atoms with E-state index in [-0.39, 0.29) is 18.4 Å². The fourth-order valence-electron chi connectivity index (χ4n) is 4.02. The van der Waals surface area contributed by atoms with E-state index in [9.17, 15) is 9.59 Å². The first-order valence-electron chi connectivity index (χ1n) is 10.0. The molecule has 3 aromatic rings. The highest BCUT2D eigenvalue weighted by Gasteiger charge is 2.35. The van der Waals surface area contributed by atoms with Crippen LogP contribution in [-0.2, 0) is 4.79 Å². The number of benzene rings is 3. The molecule has 31 heavy (non-hydrogen) atoms. The molecule has 0 aliphatic carbocycles. The lowest BCUT2D eigenvalue weighted by Gasteiger charge is -2.31. The Kier molecular flexibility index (Phi) is 5.62. The van der Waals surface area contributed by atoms with Gasteiger partial charge in [0, 0.05) is 11.3 Å². The first kappa shape index (κ1) is 20.5. The average Bonchev–Trinajstić information content (AvgIpc) is 2.94. The number of para-hydroxylation sites is 1. The van der Waals surface area contributed by atoms with E-state index in [1.165, 1.54) is 14.2 Å². The normalized spacial score (nSPS) is 15.5. The molecule has 2 amide bonds. The zero-order chi connectivity index (χ0) is 22.0. The molecule has 0 bridgehead atoms. The summed E-state index contributed by atoms with van der Waals surface area (Å²) in [5.74, 6) is 0.240. The van der Waals surface area contributed by atoms with Crippen LogP contribution in [0, 0.1) is 6.92 Å². The van der Waals surface area contributed by atoms with E-state index in [1.54, 1.807) is 23.1 Å². The van der Waals surface area contributed by atoms with Gasteiger partial charge in [-0.1, -0.05) is 54.1 Å². The van der Waals surface area contributed by atoms with Gasteiger partial charge in [0.05, 0.1) is 25.8 Å². The van der Waals surface area contributed by atoms with Crippen LogP contribution < -0.4 is 14.8 Å². The van der Waals surface area contributed by atoms with Crippen molar-refractivity contribution in [3.8, 4) is 11.5 Å². The summed E-state index contributed by atoms with van der Waals surface area (Å²) in [4.78, 5) is 28.2. The molecule has 0 saturated heterocycles. The van der Waals surface area contributed by atoms with Crippen LogP contribution in [0.25, 0.3) is 0 Å². The number of nitrogens with zero attached hydrogens (tertiary/aromatic N) is 1. The highest BCUT2D eigenvalue weighted by molar-refractivity contribution is 6.03. The molecule has 1 heterocycles. The predicted molar refractivity (Wildman–Crippen MR) is 119 cm³/mol. The summed E-state index contributed by atoms with van der Waals surface area (Å²) in [6, 6.07) is 20.3. The van der Waals surface area contributed by atoms with Crippen molar-refractivity contribution < 1.29 is 19.1 Å². The third-order valence-electron chi connectivity index (χ3n) is 5.41. The van der Waals surface area contributed by atoms with Crippen molar-refractivity contribution in [2.24, 2.45) is 0 Å². The smallest absolute Gasteiger partial charge is 0.259 e. The molecule has 3 aromatic carbocycles. The van der Waals surface area contributed by atoms with Crippen LogP contribution in [0.5, 0.6) is 11.5 Å². The van der Waals surface area contributed by atoms with Crippen LogP contribution >= 0.6 is 0 Å². The first-order valence-corrected chi connectivity index (χ1v) is 10.0. The zero-order valence-corrected chi connectivity index (χ0v) is 17.7. The number of ether oxygens (including phenoxy) is 2. The Morgan fingerprint density at radius 2 is 1.77 bits per heavy atom. The van der Waals surface area contributed by atoms with E-state index >= 15 is 0 Å². The summed E-state index contributed by atoms with van der Waals surface area (Å²) in [6.07, 6.45) is 0. The van der Waals surface area contributed by atoms with Crippen LogP contribution in [-0.4, -0.2) is 37.5 Å². The van der Waals surface area contributed by atoms with E-state index < -0.39 is 6.04 Å². The molecule has 0 radical (unpaired) electrons. The third kappa shape index (κ3) is 3.84. The maximum absolute atomic E-state index is 13.8. The lowest BCUT2D eigenvalue weighted by atomic mass is 9.94. The van der Waals surface area contributed by atoms with Gasteiger partial charge in [-0.3, -0.25) is 9.59 Å². The molecule has 0 fully saturated rings. The lowest BCUT2D eigenvalue weighted by Crippen LogP contribution is -2.39. The number of nitrogens with one attached hydrogen (secondary N) is 1. The molecule has 0 aromatic heterocycles. The molecular formula is C25H24N2O4. The van der Waals surface area contributed by atoms with Gasteiger partial charge in [0.1, 0.15) is 6.54 Å². The summed E-state index contributed by atoms with van der Waals surface area (Å²) >= 11 is 0. The van der Waals surface area contributed by atoms with Crippen LogP contribution in [0.2, 0.25) is 0 Å². The zero-order valence-electron chi connectivity index (χ0n) is 17.7. The minimum Gasteiger partial charge on any atom is -0.493 e. The highest BCUT2D eigenvalue weighted by atomic mass is 16.5. The lowest BCUT2D eigenvalue weighted by molar-refractivity contribution is -0.117. The topological polar surface area (TPSA) is 67.9 Å². The van der Waals surface area contributed by atoms with E-state index in [0.717, 1.165) is 16.7 Å². The second-order valence-corrected chi connectivity index (χ2v) is 7.43. The molecule has 1 N–H and O–H groups in total. The van der Waals surface area contributed by atoms with E-state index in [4.69, 9.17) is 9.47 Å². The van der Waals surface area contributed by atoms with Crippen molar-refractivity contribution >= 4 is 17.5 Å². The molecule has 6 nitrogen and oxygen atoms in total. The molecule has 1 atom stereocenters. The fourth-order valence-corrected chi connectivity index (χ4v) is 4.02. The van der Waals surface area contributed by atoms with Crippen molar-refractivity contribution in [1.29, 1.82) is 0 Å². The number of aryl methyl sites for hydroxylation is 1. The molecule has 1 aliphatic heterocycles. The van der Waals surface area contributed by atoms with Crippen LogP contribution in [0.15, 0.2) is 66.7 Å². The molecule has 0 spiro atoms. The standard InChI is InChI=1S/C25H24N2O4/c1-16-12-13-20-19(14-16)23(17-8-5-4-6-9-17)27(15-22(28)26-20)25(29)18-10-7-11-21(30-2)24(18)31-3/h4-14,23H,15H2,1-3H3,(H,26,28). The van der Waals surface area contributed by atoms with E-state index in [0.29, 0.717) is 22.7 Å². The van der Waals surface area contributed by atoms with Gasteiger partial charge in [-0.25, -0.2) is 0 Å². The van der Waals surface area contributed by atoms with Crippen molar-refractivity contribution in [3.63, 3.8) is 0 Å². The quantitative estimate of drug-likeness (QED) is 0.692. The Morgan fingerprint density at radius 3 is 2.48 bits per heavy atom. The molecule has 6 heteroatoms. The maximum Gasteiger partial charge on any atom is 0.259 e. The van der Waals surface area contributed by atoms with Gasteiger partial charge in [-0.15, -0.1) is 0 Å². The van der Waals surface area contributed by atoms with Gasteiger partial charge < -0.3 is 19.7 Å². The maximum atomic E-state index is 13.8. The minimum absolute atomic E-state index is 0.0908. The first-order chi connectivity index (χ1) is 15.0. The largest absolute Gasteiger partial charge is 0.493 e. The van der Waals surface area contributed by atoms with Gasteiger partial charge >= 0.3 is 0 Å². The second-order valence-electron chi connectivity index (χ2n) is 7.43. The Balaban J connectivity index is 1.91. The van der Waals surface area contributed by atoms with Crippen molar-refractivity contribution in [2.45, 2.75) is 13.0 Å². The number of anilines is 1. The van der Waals surface area contributed by atoms with E-state index in [1.807, 2.05) is 55.5 Å². The number of fused-ring (bicyclic) bond motifs is 1. The highest BCUT2D eigenvalue weighted by Crippen LogP contribution is 2.39. The Labute approximate surface area is 181 Å². The summed E-state index contributed by atoms with van der Waals surface area (Å²) in [7, 11) is 3.02. The van der Waals surface area contributed by atoms with Crippen molar-refractivity contribution in [1.82, 2.24) is 4.90 Å². The predicted octanol–water partition coefficient (Wildman–Crippen LogP) is 4.20. The molecule has 158 valence electrons. The number of rotatable bonds is 4. The van der Waals surface area contributed by atoms with Gasteiger partial charge in [-0.2, -0.15) is 0 Å². The molecule has 1 aliphatic rings. The van der Waals surface area contributed by atoms with Crippen LogP contribution in [0.3, 0.4) is 0 Å². The molecule has 4 rings (SSSR count). The van der Waals surface area contributed by atoms with Gasteiger partial charge in [0.15, 0.2) is 11.5 Å². The Morgan fingerprint density at radius 1 is 1.00 bits per heavy atom. The van der Waals surface area contributed by atoms with Crippen LogP contribution in [0.4, 0.5) is 5.69 Å². The van der Waals surface area contributed by atoms with Crippen molar-refractivity contribution in [2.75, 3.05) is 26.1 Å².